The van der Waals surface area contributed by atoms with Crippen molar-refractivity contribution in [1.29, 1.82) is 0 Å². The predicted octanol–water partition coefficient (Wildman–Crippen LogP) is 3.91. The topological polar surface area (TPSA) is 78.9 Å². The number of ether oxygens (including phenoxy) is 3. The van der Waals surface area contributed by atoms with E-state index in [2.05, 4.69) is 6.58 Å². The summed E-state index contributed by atoms with van der Waals surface area (Å²) in [4.78, 5) is 38.9. The van der Waals surface area contributed by atoms with Crippen molar-refractivity contribution >= 4 is 17.9 Å². The Morgan fingerprint density at radius 2 is 1.63 bits per heavy atom. The zero-order valence-corrected chi connectivity index (χ0v) is 17.4. The van der Waals surface area contributed by atoms with E-state index in [-0.39, 0.29) is 11.1 Å². The van der Waals surface area contributed by atoms with Crippen LogP contribution in [-0.2, 0) is 29.4 Å². The van der Waals surface area contributed by atoms with Gasteiger partial charge in [0, 0.05) is 11.1 Å². The highest BCUT2D eigenvalue weighted by Crippen LogP contribution is 2.51. The van der Waals surface area contributed by atoms with Crippen LogP contribution in [0.1, 0.15) is 48.2 Å². The zero-order chi connectivity index (χ0) is 22.1. The van der Waals surface area contributed by atoms with Crippen molar-refractivity contribution in [3.63, 3.8) is 0 Å². The molecular weight excluding hydrogens is 384 g/mol. The quantitative estimate of drug-likeness (QED) is 0.424. The molecule has 1 aliphatic heterocycles. The summed E-state index contributed by atoms with van der Waals surface area (Å²) in [6.07, 6.45) is 0. The van der Waals surface area contributed by atoms with Crippen molar-refractivity contribution in [2.75, 3.05) is 7.11 Å². The van der Waals surface area contributed by atoms with Crippen LogP contribution >= 0.6 is 0 Å². The monoisotopic (exact) mass is 408 g/mol. The van der Waals surface area contributed by atoms with Crippen molar-refractivity contribution in [2.24, 2.45) is 0 Å². The Hall–Kier alpha value is -3.41. The van der Waals surface area contributed by atoms with Gasteiger partial charge in [-0.05, 0) is 32.4 Å². The van der Waals surface area contributed by atoms with Crippen LogP contribution in [0.4, 0.5) is 0 Å². The maximum absolute atomic E-state index is 13.6. The van der Waals surface area contributed by atoms with Crippen LogP contribution in [0.15, 0.2) is 66.7 Å². The molecule has 0 aromatic heterocycles. The number of fused-ring (bicyclic) bond motifs is 1. The van der Waals surface area contributed by atoms with E-state index in [1.54, 1.807) is 75.4 Å². The second-order valence-electron chi connectivity index (χ2n) is 8.03. The molecule has 0 saturated heterocycles. The zero-order valence-electron chi connectivity index (χ0n) is 17.4. The highest BCUT2D eigenvalue weighted by Gasteiger charge is 2.60. The molecule has 0 N–H and O–H groups in total. The van der Waals surface area contributed by atoms with E-state index in [0.29, 0.717) is 11.1 Å². The molecule has 1 aliphatic rings. The number of rotatable bonds is 5. The molecule has 6 heteroatoms. The van der Waals surface area contributed by atoms with E-state index in [4.69, 9.17) is 14.2 Å². The van der Waals surface area contributed by atoms with Gasteiger partial charge in [-0.2, -0.15) is 0 Å². The summed E-state index contributed by atoms with van der Waals surface area (Å²) >= 11 is 0. The number of cyclic esters (lactones) is 1. The SMILES string of the molecule is C=C(C(=O)OC)[C@H](c1ccccc1)[C@]1(C(=O)OC(C)(C)C)OC(=O)c2ccccc21. The Balaban J connectivity index is 2.32. The second-order valence-corrected chi connectivity index (χ2v) is 8.03. The average Bonchev–Trinajstić information content (AvgIpc) is 3.01. The fourth-order valence-corrected chi connectivity index (χ4v) is 3.65. The van der Waals surface area contributed by atoms with E-state index in [1.807, 2.05) is 0 Å². The lowest BCUT2D eigenvalue weighted by atomic mass is 9.73. The maximum atomic E-state index is 13.6. The number of benzene rings is 2. The highest BCUT2D eigenvalue weighted by atomic mass is 16.6. The molecule has 2 aromatic rings. The molecule has 6 nitrogen and oxygen atoms in total. The molecule has 0 amide bonds. The van der Waals surface area contributed by atoms with Gasteiger partial charge < -0.3 is 14.2 Å². The number of methoxy groups -OCH3 is 1. The highest BCUT2D eigenvalue weighted by molar-refractivity contribution is 6.03. The minimum Gasteiger partial charge on any atom is -0.466 e. The first kappa shape index (κ1) is 21.3. The Kier molecular flexibility index (Phi) is 5.53. The maximum Gasteiger partial charge on any atom is 0.357 e. The van der Waals surface area contributed by atoms with Crippen molar-refractivity contribution in [2.45, 2.75) is 37.9 Å². The average molecular weight is 408 g/mol. The third kappa shape index (κ3) is 3.61. The molecule has 2 aromatic carbocycles. The Labute approximate surface area is 175 Å². The summed E-state index contributed by atoms with van der Waals surface area (Å²) in [5, 5.41) is 0. The fraction of sp³-hybridized carbons (Fsp3) is 0.292. The number of hydrogen-bond donors (Lipinski definition) is 0. The van der Waals surface area contributed by atoms with Gasteiger partial charge in [0.25, 0.3) is 0 Å². The van der Waals surface area contributed by atoms with Gasteiger partial charge in [-0.1, -0.05) is 55.1 Å². The first-order chi connectivity index (χ1) is 14.1. The molecule has 2 atom stereocenters. The molecule has 0 radical (unpaired) electrons. The van der Waals surface area contributed by atoms with Crippen molar-refractivity contribution in [3.8, 4) is 0 Å². The predicted molar refractivity (Wildman–Crippen MR) is 110 cm³/mol. The van der Waals surface area contributed by atoms with Gasteiger partial charge in [-0.3, -0.25) is 0 Å². The molecule has 1 heterocycles. The standard InChI is InChI=1S/C24H24O6/c1-15(20(25)28-5)19(16-11-7-6-8-12-16)24(22(27)30-23(2,3)4)18-14-10-9-13-17(18)21(26)29-24/h6-14,19H,1H2,2-5H3/t19-,24-/m1/s1. The van der Waals surface area contributed by atoms with Gasteiger partial charge in [0.1, 0.15) is 5.60 Å². The van der Waals surface area contributed by atoms with Gasteiger partial charge >= 0.3 is 17.9 Å². The van der Waals surface area contributed by atoms with Crippen molar-refractivity contribution in [3.05, 3.63) is 83.4 Å². The van der Waals surface area contributed by atoms with Gasteiger partial charge in [0.15, 0.2) is 0 Å². The van der Waals surface area contributed by atoms with E-state index < -0.39 is 35.0 Å². The molecule has 156 valence electrons. The minimum absolute atomic E-state index is 0.0286. The second kappa shape index (κ2) is 7.78. The smallest absolute Gasteiger partial charge is 0.357 e. The molecule has 0 aliphatic carbocycles. The van der Waals surface area contributed by atoms with Gasteiger partial charge in [0.2, 0.25) is 5.60 Å². The van der Waals surface area contributed by atoms with Crippen LogP contribution in [0, 0.1) is 0 Å². The summed E-state index contributed by atoms with van der Waals surface area (Å²) in [6.45, 7) is 9.04. The van der Waals surface area contributed by atoms with E-state index in [1.165, 1.54) is 7.11 Å². The Morgan fingerprint density at radius 3 is 2.23 bits per heavy atom. The molecular formula is C24H24O6. The normalized spacial score (nSPS) is 18.7. The third-order valence-electron chi connectivity index (χ3n) is 4.84. The minimum atomic E-state index is -1.92. The van der Waals surface area contributed by atoms with Crippen LogP contribution < -0.4 is 0 Å². The number of carbonyl (C=O) groups is 3. The van der Waals surface area contributed by atoms with Gasteiger partial charge in [-0.15, -0.1) is 0 Å². The molecule has 0 bridgehead atoms. The van der Waals surface area contributed by atoms with Crippen LogP contribution in [0.25, 0.3) is 0 Å². The van der Waals surface area contributed by atoms with E-state index in [9.17, 15) is 14.4 Å². The number of esters is 3. The summed E-state index contributed by atoms with van der Waals surface area (Å²) in [7, 11) is 1.23. The van der Waals surface area contributed by atoms with Crippen LogP contribution in [-0.4, -0.2) is 30.6 Å². The fourth-order valence-electron chi connectivity index (χ4n) is 3.65. The van der Waals surface area contributed by atoms with Gasteiger partial charge in [-0.25, -0.2) is 14.4 Å². The van der Waals surface area contributed by atoms with E-state index >= 15 is 0 Å². The molecule has 0 spiro atoms. The van der Waals surface area contributed by atoms with Crippen molar-refractivity contribution in [1.82, 2.24) is 0 Å². The van der Waals surface area contributed by atoms with Gasteiger partial charge in [0.05, 0.1) is 18.6 Å². The van der Waals surface area contributed by atoms with E-state index in [0.717, 1.165) is 0 Å². The number of carbonyl (C=O) groups excluding carboxylic acids is 3. The molecule has 0 saturated carbocycles. The first-order valence-electron chi connectivity index (χ1n) is 9.50. The molecule has 0 unspecified atom stereocenters. The summed E-state index contributed by atoms with van der Waals surface area (Å²) in [5.41, 5.74) is -1.69. The summed E-state index contributed by atoms with van der Waals surface area (Å²) in [6, 6.07) is 15.4. The Morgan fingerprint density at radius 1 is 1.03 bits per heavy atom. The van der Waals surface area contributed by atoms with Crippen LogP contribution in [0.5, 0.6) is 0 Å². The van der Waals surface area contributed by atoms with Crippen LogP contribution in [0.3, 0.4) is 0 Å². The summed E-state index contributed by atoms with van der Waals surface area (Å²) < 4.78 is 16.3. The lowest BCUT2D eigenvalue weighted by molar-refractivity contribution is -0.179. The summed E-state index contributed by atoms with van der Waals surface area (Å²) in [5.74, 6) is -3.22. The third-order valence-corrected chi connectivity index (χ3v) is 4.84. The molecule has 0 fully saturated rings. The molecule has 3 rings (SSSR count). The number of hydrogen-bond acceptors (Lipinski definition) is 6. The largest absolute Gasteiger partial charge is 0.466 e. The van der Waals surface area contributed by atoms with Crippen LogP contribution in [0.2, 0.25) is 0 Å². The first-order valence-corrected chi connectivity index (χ1v) is 9.50. The lowest BCUT2D eigenvalue weighted by Gasteiger charge is -2.37. The Bertz CT molecular complexity index is 1000. The van der Waals surface area contributed by atoms with Crippen molar-refractivity contribution < 1.29 is 28.6 Å². The molecule has 30 heavy (non-hydrogen) atoms. The lowest BCUT2D eigenvalue weighted by Crippen LogP contribution is -2.47.